The van der Waals surface area contributed by atoms with Crippen molar-refractivity contribution in [1.82, 2.24) is 0 Å². The van der Waals surface area contributed by atoms with Crippen molar-refractivity contribution in [1.29, 1.82) is 0 Å². The molecule has 0 aliphatic heterocycles. The molecule has 68 valence electrons. The van der Waals surface area contributed by atoms with E-state index in [1.165, 1.54) is 0 Å². The Kier molecular flexibility index (Phi) is 7.60. The third-order valence-corrected chi connectivity index (χ3v) is 1.50. The first-order valence-corrected chi connectivity index (χ1v) is 4.10. The standard InChI is InChI=1S/C10H17NO/c1-4-8-11-10(5-2)7-6-9-12-3/h4-5,8,10H,1-2,6-7,9H2,3H3/b11-8+. The van der Waals surface area contributed by atoms with Crippen molar-refractivity contribution in [2.75, 3.05) is 13.7 Å². The summed E-state index contributed by atoms with van der Waals surface area (Å²) in [7, 11) is 1.70. The Balaban J connectivity index is 3.59. The Morgan fingerprint density at radius 1 is 1.50 bits per heavy atom. The van der Waals surface area contributed by atoms with E-state index in [0.29, 0.717) is 0 Å². The molecule has 0 aromatic carbocycles. The van der Waals surface area contributed by atoms with E-state index in [2.05, 4.69) is 18.2 Å². The van der Waals surface area contributed by atoms with Crippen molar-refractivity contribution < 1.29 is 4.74 Å². The van der Waals surface area contributed by atoms with Gasteiger partial charge in [-0.05, 0) is 12.8 Å². The average molecular weight is 167 g/mol. The third kappa shape index (κ3) is 5.86. The average Bonchev–Trinajstić information content (AvgIpc) is 2.11. The van der Waals surface area contributed by atoms with Gasteiger partial charge >= 0.3 is 0 Å². The topological polar surface area (TPSA) is 21.6 Å². The summed E-state index contributed by atoms with van der Waals surface area (Å²) in [5.41, 5.74) is 0. The predicted molar refractivity (Wildman–Crippen MR) is 53.8 cm³/mol. The van der Waals surface area contributed by atoms with Crippen LogP contribution in [0.5, 0.6) is 0 Å². The third-order valence-electron chi connectivity index (χ3n) is 1.50. The molecule has 0 heterocycles. The maximum absolute atomic E-state index is 4.93. The molecule has 1 atom stereocenters. The van der Waals surface area contributed by atoms with Gasteiger partial charge in [-0.2, -0.15) is 0 Å². The predicted octanol–water partition coefficient (Wildman–Crippen LogP) is 2.22. The van der Waals surface area contributed by atoms with Crippen molar-refractivity contribution in [3.63, 3.8) is 0 Å². The van der Waals surface area contributed by atoms with Crippen LogP contribution in [0.1, 0.15) is 12.8 Å². The highest BCUT2D eigenvalue weighted by Gasteiger charge is 1.98. The van der Waals surface area contributed by atoms with E-state index in [0.717, 1.165) is 19.4 Å². The van der Waals surface area contributed by atoms with Gasteiger partial charge in [0, 0.05) is 19.9 Å². The largest absolute Gasteiger partial charge is 0.385 e. The van der Waals surface area contributed by atoms with Crippen molar-refractivity contribution in [2.45, 2.75) is 18.9 Å². The SMILES string of the molecule is C=C/C=N/C(C=C)CCCOC. The zero-order chi connectivity index (χ0) is 9.23. The lowest BCUT2D eigenvalue weighted by Gasteiger charge is -2.05. The molecule has 0 saturated carbocycles. The second-order valence-electron chi connectivity index (χ2n) is 2.47. The van der Waals surface area contributed by atoms with Gasteiger partial charge in [-0.25, -0.2) is 0 Å². The van der Waals surface area contributed by atoms with E-state index in [4.69, 9.17) is 4.74 Å². The zero-order valence-corrected chi connectivity index (χ0v) is 7.70. The summed E-state index contributed by atoms with van der Waals surface area (Å²) in [6.07, 6.45) is 7.23. The maximum atomic E-state index is 4.93. The first-order chi connectivity index (χ1) is 5.85. The van der Waals surface area contributed by atoms with Gasteiger partial charge in [0.25, 0.3) is 0 Å². The number of nitrogens with zero attached hydrogens (tertiary/aromatic N) is 1. The van der Waals surface area contributed by atoms with E-state index >= 15 is 0 Å². The van der Waals surface area contributed by atoms with Crippen LogP contribution in [0, 0.1) is 0 Å². The highest BCUT2D eigenvalue weighted by atomic mass is 16.5. The van der Waals surface area contributed by atoms with Crippen LogP contribution in [0.4, 0.5) is 0 Å². The van der Waals surface area contributed by atoms with Gasteiger partial charge in [-0.1, -0.05) is 18.7 Å². The van der Waals surface area contributed by atoms with Gasteiger partial charge in [0.05, 0.1) is 6.04 Å². The molecule has 0 fully saturated rings. The molecule has 0 aliphatic carbocycles. The summed E-state index contributed by atoms with van der Waals surface area (Å²) in [4.78, 5) is 4.22. The summed E-state index contributed by atoms with van der Waals surface area (Å²) in [6, 6.07) is 0.207. The normalized spacial score (nSPS) is 13.1. The van der Waals surface area contributed by atoms with E-state index in [1.807, 2.05) is 6.08 Å². The van der Waals surface area contributed by atoms with E-state index < -0.39 is 0 Å². The van der Waals surface area contributed by atoms with Gasteiger partial charge in [0.1, 0.15) is 0 Å². The number of methoxy groups -OCH3 is 1. The summed E-state index contributed by atoms with van der Waals surface area (Å²) in [5, 5.41) is 0. The minimum atomic E-state index is 0.207. The number of aliphatic imine (C=N–C) groups is 1. The highest BCUT2D eigenvalue weighted by Crippen LogP contribution is 2.02. The van der Waals surface area contributed by atoms with Crippen LogP contribution < -0.4 is 0 Å². The highest BCUT2D eigenvalue weighted by molar-refractivity contribution is 5.70. The van der Waals surface area contributed by atoms with Crippen LogP contribution in [0.15, 0.2) is 30.3 Å². The minimum absolute atomic E-state index is 0.207. The molecule has 0 spiro atoms. The second-order valence-corrected chi connectivity index (χ2v) is 2.47. The first-order valence-electron chi connectivity index (χ1n) is 4.10. The molecule has 0 radical (unpaired) electrons. The van der Waals surface area contributed by atoms with E-state index in [1.54, 1.807) is 19.4 Å². The molecule has 0 aliphatic rings. The molecule has 0 amide bonds. The summed E-state index contributed by atoms with van der Waals surface area (Å²) in [5.74, 6) is 0. The van der Waals surface area contributed by atoms with E-state index in [-0.39, 0.29) is 6.04 Å². The monoisotopic (exact) mass is 167 g/mol. The number of hydrogen-bond acceptors (Lipinski definition) is 2. The number of rotatable bonds is 7. The lowest BCUT2D eigenvalue weighted by atomic mass is 10.2. The summed E-state index contributed by atoms with van der Waals surface area (Å²) >= 11 is 0. The number of ether oxygens (including phenoxy) is 1. The lowest BCUT2D eigenvalue weighted by molar-refractivity contribution is 0.192. The fraction of sp³-hybridized carbons (Fsp3) is 0.500. The van der Waals surface area contributed by atoms with Crippen LogP contribution >= 0.6 is 0 Å². The van der Waals surface area contributed by atoms with Crippen LogP contribution in [0.2, 0.25) is 0 Å². The van der Waals surface area contributed by atoms with Crippen LogP contribution in [-0.4, -0.2) is 26.0 Å². The molecule has 12 heavy (non-hydrogen) atoms. The quantitative estimate of drug-likeness (QED) is 0.324. The van der Waals surface area contributed by atoms with Gasteiger partial charge in [-0.3, -0.25) is 4.99 Å². The molecule has 1 unspecified atom stereocenters. The van der Waals surface area contributed by atoms with Crippen molar-refractivity contribution in [3.8, 4) is 0 Å². The van der Waals surface area contributed by atoms with Gasteiger partial charge < -0.3 is 4.74 Å². The van der Waals surface area contributed by atoms with E-state index in [9.17, 15) is 0 Å². The maximum Gasteiger partial charge on any atom is 0.0678 e. The Hall–Kier alpha value is -0.890. The summed E-state index contributed by atoms with van der Waals surface area (Å²) in [6.45, 7) is 8.04. The van der Waals surface area contributed by atoms with Gasteiger partial charge in [-0.15, -0.1) is 6.58 Å². The molecule has 2 nitrogen and oxygen atoms in total. The van der Waals surface area contributed by atoms with Crippen LogP contribution in [0.25, 0.3) is 0 Å². The zero-order valence-electron chi connectivity index (χ0n) is 7.70. The Morgan fingerprint density at radius 2 is 2.25 bits per heavy atom. The molecule has 0 rings (SSSR count). The second kappa shape index (κ2) is 8.21. The minimum Gasteiger partial charge on any atom is -0.385 e. The molecule has 0 aromatic rings. The van der Waals surface area contributed by atoms with Crippen LogP contribution in [-0.2, 0) is 4.74 Å². The fourth-order valence-corrected chi connectivity index (χ4v) is 0.861. The molecule has 0 N–H and O–H groups in total. The fourth-order valence-electron chi connectivity index (χ4n) is 0.861. The number of allylic oxidation sites excluding steroid dienone is 1. The molecular weight excluding hydrogens is 150 g/mol. The molecule has 0 aromatic heterocycles. The van der Waals surface area contributed by atoms with Gasteiger partial charge in [0.2, 0.25) is 0 Å². The Labute approximate surface area is 74.7 Å². The smallest absolute Gasteiger partial charge is 0.0678 e. The molecule has 0 bridgehead atoms. The molecule has 2 heteroatoms. The molecule has 0 saturated heterocycles. The van der Waals surface area contributed by atoms with Crippen molar-refractivity contribution in [3.05, 3.63) is 25.3 Å². The number of hydrogen-bond donors (Lipinski definition) is 0. The Morgan fingerprint density at radius 3 is 2.75 bits per heavy atom. The van der Waals surface area contributed by atoms with Crippen LogP contribution in [0.3, 0.4) is 0 Å². The van der Waals surface area contributed by atoms with Crippen molar-refractivity contribution >= 4 is 6.21 Å². The summed E-state index contributed by atoms with van der Waals surface area (Å²) < 4.78 is 4.93. The Bertz CT molecular complexity index is 152. The van der Waals surface area contributed by atoms with Crippen molar-refractivity contribution in [2.24, 2.45) is 4.99 Å². The molecular formula is C10H17NO. The van der Waals surface area contributed by atoms with Gasteiger partial charge in [0.15, 0.2) is 0 Å². The lowest BCUT2D eigenvalue weighted by Crippen LogP contribution is -2.01. The first kappa shape index (κ1) is 11.1.